The SMILES string of the molecule is CCNC(=NCC(O)COCc1ccccc1)N1CCC(Oc2ccccc2)CC1.I. The Kier molecular flexibility index (Phi) is 11.7. The number of halogens is 1. The number of rotatable bonds is 9. The molecule has 1 atom stereocenters. The summed E-state index contributed by atoms with van der Waals surface area (Å²) in [4.78, 5) is 6.87. The minimum absolute atomic E-state index is 0. The van der Waals surface area contributed by atoms with Gasteiger partial charge >= 0.3 is 0 Å². The molecule has 0 radical (unpaired) electrons. The van der Waals surface area contributed by atoms with Gasteiger partial charge < -0.3 is 24.8 Å². The minimum Gasteiger partial charge on any atom is -0.490 e. The van der Waals surface area contributed by atoms with E-state index in [1.54, 1.807) is 0 Å². The highest BCUT2D eigenvalue weighted by molar-refractivity contribution is 14.0. The molecule has 3 rings (SSSR count). The van der Waals surface area contributed by atoms with Crippen molar-refractivity contribution in [2.24, 2.45) is 4.99 Å². The lowest BCUT2D eigenvalue weighted by atomic mass is 10.1. The maximum atomic E-state index is 10.3. The molecule has 1 fully saturated rings. The Morgan fingerprint density at radius 2 is 1.74 bits per heavy atom. The first-order chi connectivity index (χ1) is 14.7. The van der Waals surface area contributed by atoms with Crippen LogP contribution in [0, 0.1) is 0 Å². The number of hydrogen-bond acceptors (Lipinski definition) is 4. The van der Waals surface area contributed by atoms with E-state index < -0.39 is 6.10 Å². The summed E-state index contributed by atoms with van der Waals surface area (Å²) in [6.45, 7) is 5.69. The van der Waals surface area contributed by atoms with Crippen LogP contribution in [0.4, 0.5) is 0 Å². The quantitative estimate of drug-likeness (QED) is 0.289. The van der Waals surface area contributed by atoms with Gasteiger partial charge in [0.05, 0.1) is 25.9 Å². The number of aliphatic hydroxyl groups is 1. The molecule has 2 N–H and O–H groups in total. The van der Waals surface area contributed by atoms with Gasteiger partial charge in [-0.25, -0.2) is 0 Å². The molecule has 1 aliphatic heterocycles. The van der Waals surface area contributed by atoms with Crippen LogP contribution in [0.5, 0.6) is 5.75 Å². The molecular weight excluding hydrogens is 505 g/mol. The van der Waals surface area contributed by atoms with Crippen LogP contribution in [-0.4, -0.2) is 61.0 Å². The molecule has 1 unspecified atom stereocenters. The third-order valence-electron chi connectivity index (χ3n) is 5.00. The fraction of sp³-hybridized carbons (Fsp3) is 0.458. The van der Waals surface area contributed by atoms with Crippen molar-refractivity contribution in [2.75, 3.05) is 32.8 Å². The first-order valence-corrected chi connectivity index (χ1v) is 10.8. The van der Waals surface area contributed by atoms with Crippen molar-refractivity contribution in [3.63, 3.8) is 0 Å². The van der Waals surface area contributed by atoms with Crippen molar-refractivity contribution in [2.45, 2.75) is 38.6 Å². The summed E-state index contributed by atoms with van der Waals surface area (Å²) in [5.74, 6) is 1.77. The number of aliphatic hydroxyl groups excluding tert-OH is 1. The van der Waals surface area contributed by atoms with Crippen molar-refractivity contribution < 1.29 is 14.6 Å². The maximum absolute atomic E-state index is 10.3. The second kappa shape index (κ2) is 14.3. The molecular formula is C24H34IN3O3. The van der Waals surface area contributed by atoms with Crippen molar-refractivity contribution in [3.05, 3.63) is 66.2 Å². The van der Waals surface area contributed by atoms with Crippen molar-refractivity contribution in [1.29, 1.82) is 0 Å². The van der Waals surface area contributed by atoms with Gasteiger partial charge in [0.25, 0.3) is 0 Å². The van der Waals surface area contributed by atoms with Crippen molar-refractivity contribution >= 4 is 29.9 Å². The van der Waals surface area contributed by atoms with E-state index in [1.807, 2.05) is 60.7 Å². The Hall–Kier alpha value is -1.84. The number of ether oxygens (including phenoxy) is 2. The summed E-state index contributed by atoms with van der Waals surface area (Å²) in [6, 6.07) is 20.0. The fourth-order valence-electron chi connectivity index (χ4n) is 3.43. The zero-order valence-electron chi connectivity index (χ0n) is 18.2. The molecule has 170 valence electrons. The first-order valence-electron chi connectivity index (χ1n) is 10.8. The van der Waals surface area contributed by atoms with E-state index in [0.29, 0.717) is 13.2 Å². The molecule has 0 aromatic heterocycles. The minimum atomic E-state index is -0.624. The van der Waals surface area contributed by atoms with Crippen LogP contribution in [0.3, 0.4) is 0 Å². The molecule has 31 heavy (non-hydrogen) atoms. The number of likely N-dealkylation sites (tertiary alicyclic amines) is 1. The topological polar surface area (TPSA) is 66.3 Å². The predicted octanol–water partition coefficient (Wildman–Crippen LogP) is 3.69. The van der Waals surface area contributed by atoms with Gasteiger partial charge in [-0.15, -0.1) is 24.0 Å². The number of guanidine groups is 1. The molecule has 1 heterocycles. The lowest BCUT2D eigenvalue weighted by Gasteiger charge is -2.34. The van der Waals surface area contributed by atoms with Crippen LogP contribution in [0.25, 0.3) is 0 Å². The van der Waals surface area contributed by atoms with Gasteiger partial charge in [0, 0.05) is 32.5 Å². The normalized spacial score (nSPS) is 15.8. The van der Waals surface area contributed by atoms with E-state index >= 15 is 0 Å². The van der Waals surface area contributed by atoms with Gasteiger partial charge in [0.2, 0.25) is 0 Å². The molecule has 0 amide bonds. The molecule has 1 saturated heterocycles. The van der Waals surface area contributed by atoms with Crippen LogP contribution < -0.4 is 10.1 Å². The summed E-state index contributed by atoms with van der Waals surface area (Å²) < 4.78 is 11.7. The zero-order chi connectivity index (χ0) is 21.0. The predicted molar refractivity (Wildman–Crippen MR) is 135 cm³/mol. The lowest BCUT2D eigenvalue weighted by molar-refractivity contribution is 0.0329. The van der Waals surface area contributed by atoms with Gasteiger partial charge in [-0.1, -0.05) is 48.5 Å². The fourth-order valence-corrected chi connectivity index (χ4v) is 3.43. The maximum Gasteiger partial charge on any atom is 0.194 e. The molecule has 0 spiro atoms. The van der Waals surface area contributed by atoms with E-state index in [2.05, 4.69) is 22.1 Å². The van der Waals surface area contributed by atoms with Gasteiger partial charge in [0.15, 0.2) is 5.96 Å². The third kappa shape index (κ3) is 9.04. The lowest BCUT2D eigenvalue weighted by Crippen LogP contribution is -2.47. The molecule has 2 aromatic rings. The Morgan fingerprint density at radius 3 is 2.39 bits per heavy atom. The second-order valence-corrected chi connectivity index (χ2v) is 7.47. The molecule has 2 aromatic carbocycles. The standard InChI is InChI=1S/C24H33N3O3.HI/c1-2-25-24(26-17-21(28)19-29-18-20-9-5-3-6-10-20)27-15-13-23(14-16-27)30-22-11-7-4-8-12-22;/h3-12,21,23,28H,2,13-19H2,1H3,(H,25,26);1H. The van der Waals surface area contributed by atoms with E-state index in [4.69, 9.17) is 9.47 Å². The average Bonchev–Trinajstić information content (AvgIpc) is 2.79. The number of para-hydroxylation sites is 1. The first kappa shape index (κ1) is 25.4. The number of nitrogens with zero attached hydrogens (tertiary/aromatic N) is 2. The van der Waals surface area contributed by atoms with E-state index in [1.165, 1.54) is 0 Å². The number of piperidine rings is 1. The van der Waals surface area contributed by atoms with Gasteiger partial charge in [-0.3, -0.25) is 4.99 Å². The van der Waals surface area contributed by atoms with Crippen LogP contribution in [0.15, 0.2) is 65.7 Å². The Bertz CT molecular complexity index is 753. The summed E-state index contributed by atoms with van der Waals surface area (Å²) in [6.07, 6.45) is 1.49. The molecule has 7 heteroatoms. The summed E-state index contributed by atoms with van der Waals surface area (Å²) in [5, 5.41) is 13.6. The van der Waals surface area contributed by atoms with E-state index in [-0.39, 0.29) is 36.7 Å². The number of aliphatic imine (C=N–C) groups is 1. The van der Waals surface area contributed by atoms with Gasteiger partial charge in [0.1, 0.15) is 11.9 Å². The zero-order valence-corrected chi connectivity index (χ0v) is 20.5. The average molecular weight is 539 g/mol. The van der Waals surface area contributed by atoms with E-state index in [0.717, 1.165) is 49.7 Å². The molecule has 0 aliphatic carbocycles. The monoisotopic (exact) mass is 539 g/mol. The molecule has 0 saturated carbocycles. The summed E-state index contributed by atoms with van der Waals surface area (Å²) in [7, 11) is 0. The smallest absolute Gasteiger partial charge is 0.194 e. The summed E-state index contributed by atoms with van der Waals surface area (Å²) >= 11 is 0. The number of benzene rings is 2. The van der Waals surface area contributed by atoms with Gasteiger partial charge in [-0.05, 0) is 24.6 Å². The van der Waals surface area contributed by atoms with Crippen LogP contribution in [-0.2, 0) is 11.3 Å². The third-order valence-corrected chi connectivity index (χ3v) is 5.00. The molecule has 0 bridgehead atoms. The Labute approximate surface area is 202 Å². The number of hydrogen-bond donors (Lipinski definition) is 2. The van der Waals surface area contributed by atoms with Crippen LogP contribution in [0.1, 0.15) is 25.3 Å². The van der Waals surface area contributed by atoms with Crippen molar-refractivity contribution in [3.8, 4) is 5.75 Å². The van der Waals surface area contributed by atoms with Crippen molar-refractivity contribution in [1.82, 2.24) is 10.2 Å². The van der Waals surface area contributed by atoms with E-state index in [9.17, 15) is 5.11 Å². The van der Waals surface area contributed by atoms with Crippen LogP contribution >= 0.6 is 24.0 Å². The Morgan fingerprint density at radius 1 is 1.10 bits per heavy atom. The highest BCUT2D eigenvalue weighted by atomic mass is 127. The summed E-state index contributed by atoms with van der Waals surface area (Å²) in [5.41, 5.74) is 1.10. The van der Waals surface area contributed by atoms with Crippen LogP contribution in [0.2, 0.25) is 0 Å². The largest absolute Gasteiger partial charge is 0.490 e. The number of nitrogens with one attached hydrogen (secondary N) is 1. The molecule has 6 nitrogen and oxygen atoms in total. The van der Waals surface area contributed by atoms with Gasteiger partial charge in [-0.2, -0.15) is 0 Å². The Balaban J connectivity index is 0.00000341. The molecule has 1 aliphatic rings. The second-order valence-electron chi connectivity index (χ2n) is 7.47. The highest BCUT2D eigenvalue weighted by Crippen LogP contribution is 2.18. The highest BCUT2D eigenvalue weighted by Gasteiger charge is 2.23.